The zero-order valence-electron chi connectivity index (χ0n) is 16.4. The minimum Gasteiger partial charge on any atom is -0.488 e. The summed E-state index contributed by atoms with van der Waals surface area (Å²) in [6.45, 7) is 6.21. The van der Waals surface area contributed by atoms with Gasteiger partial charge in [0.15, 0.2) is 0 Å². The van der Waals surface area contributed by atoms with Gasteiger partial charge in [0.05, 0.1) is 0 Å². The third-order valence-electron chi connectivity index (χ3n) is 4.77. The number of ether oxygens (including phenoxy) is 1. The summed E-state index contributed by atoms with van der Waals surface area (Å²) in [4.78, 5) is 14.9. The first-order valence-electron chi connectivity index (χ1n) is 9.62. The lowest BCUT2D eigenvalue weighted by atomic mass is 10.0. The number of rotatable bonds is 6. The van der Waals surface area contributed by atoms with Crippen LogP contribution in [0.4, 0.5) is 17.6 Å². The number of hydrogen-bond donors (Lipinski definition) is 1. The molecular weight excluding hydrogens is 386 g/mol. The van der Waals surface area contributed by atoms with Gasteiger partial charge in [-0.25, -0.2) is 0 Å². The van der Waals surface area contributed by atoms with Crippen LogP contribution in [0.25, 0.3) is 11.6 Å². The summed E-state index contributed by atoms with van der Waals surface area (Å²) in [5.74, 6) is 1.78. The summed E-state index contributed by atoms with van der Waals surface area (Å²) in [6, 6.07) is 16.2. The zero-order chi connectivity index (χ0) is 20.2. The van der Waals surface area contributed by atoms with Gasteiger partial charge in [0.25, 0.3) is 0 Å². The predicted octanol–water partition coefficient (Wildman–Crippen LogP) is 5.05. The van der Waals surface area contributed by atoms with E-state index >= 15 is 0 Å². The molecule has 0 amide bonds. The Hall–Kier alpha value is -3.12. The molecule has 1 N–H and O–H groups in total. The van der Waals surface area contributed by atoms with Crippen molar-refractivity contribution in [3.63, 3.8) is 0 Å². The van der Waals surface area contributed by atoms with Crippen LogP contribution in [0.3, 0.4) is 0 Å². The maximum atomic E-state index is 6.10. The zero-order valence-corrected chi connectivity index (χ0v) is 17.1. The predicted molar refractivity (Wildman–Crippen MR) is 118 cm³/mol. The van der Waals surface area contributed by atoms with Crippen LogP contribution in [-0.2, 0) is 0 Å². The Labute approximate surface area is 175 Å². The Morgan fingerprint density at radius 3 is 2.59 bits per heavy atom. The Kier molecular flexibility index (Phi) is 5.62. The van der Waals surface area contributed by atoms with E-state index in [1.165, 1.54) is 5.56 Å². The molecule has 4 rings (SSSR count). The summed E-state index contributed by atoms with van der Waals surface area (Å²) < 4.78 is 5.99. The molecule has 0 spiro atoms. The molecule has 29 heavy (non-hydrogen) atoms. The maximum absolute atomic E-state index is 6.10. The monoisotopic (exact) mass is 407 g/mol. The van der Waals surface area contributed by atoms with Crippen molar-refractivity contribution in [2.24, 2.45) is 0 Å². The molecule has 1 aromatic heterocycles. The smallest absolute Gasteiger partial charge is 0.233 e. The number of anilines is 3. The molecule has 148 valence electrons. The Bertz CT molecular complexity index is 1030. The second-order valence-electron chi connectivity index (χ2n) is 6.60. The van der Waals surface area contributed by atoms with Crippen LogP contribution in [0.5, 0.6) is 5.75 Å². The van der Waals surface area contributed by atoms with Crippen molar-refractivity contribution in [1.82, 2.24) is 15.0 Å². The molecule has 0 saturated carbocycles. The van der Waals surface area contributed by atoms with E-state index in [0.29, 0.717) is 18.5 Å². The van der Waals surface area contributed by atoms with Gasteiger partial charge >= 0.3 is 0 Å². The van der Waals surface area contributed by atoms with Crippen LogP contribution in [0.15, 0.2) is 48.5 Å². The van der Waals surface area contributed by atoms with Crippen LogP contribution < -0.4 is 15.0 Å². The molecule has 0 radical (unpaired) electrons. The Morgan fingerprint density at radius 1 is 1.03 bits per heavy atom. The molecule has 0 saturated heterocycles. The van der Waals surface area contributed by atoms with Crippen molar-refractivity contribution in [1.29, 1.82) is 0 Å². The molecule has 6 nitrogen and oxygen atoms in total. The highest BCUT2D eigenvalue weighted by molar-refractivity contribution is 6.28. The number of halogens is 1. The van der Waals surface area contributed by atoms with Crippen LogP contribution in [0.1, 0.15) is 25.0 Å². The van der Waals surface area contributed by atoms with E-state index in [1.807, 2.05) is 55.1 Å². The molecule has 0 atom stereocenters. The van der Waals surface area contributed by atoms with Gasteiger partial charge in [0.2, 0.25) is 17.2 Å². The van der Waals surface area contributed by atoms with E-state index < -0.39 is 0 Å². The summed E-state index contributed by atoms with van der Waals surface area (Å²) >= 11 is 6.10. The van der Waals surface area contributed by atoms with E-state index in [4.69, 9.17) is 16.3 Å². The molecule has 2 heterocycles. The topological polar surface area (TPSA) is 63.2 Å². The van der Waals surface area contributed by atoms with E-state index in [0.717, 1.165) is 35.7 Å². The first kappa shape index (κ1) is 19.2. The normalized spacial score (nSPS) is 12.6. The molecular formula is C22H22ClN5O. The van der Waals surface area contributed by atoms with Gasteiger partial charge in [-0.05, 0) is 54.8 Å². The highest BCUT2D eigenvalue weighted by atomic mass is 35.5. The van der Waals surface area contributed by atoms with E-state index in [1.54, 1.807) is 0 Å². The van der Waals surface area contributed by atoms with Crippen molar-refractivity contribution in [3.05, 3.63) is 64.9 Å². The van der Waals surface area contributed by atoms with Crippen LogP contribution in [-0.4, -0.2) is 34.6 Å². The summed E-state index contributed by atoms with van der Waals surface area (Å²) in [6.07, 6.45) is 2.16. The molecule has 0 fully saturated rings. The number of fused-ring (bicyclic) bond motifs is 1. The lowest BCUT2D eigenvalue weighted by Crippen LogP contribution is -2.24. The third kappa shape index (κ3) is 4.32. The fourth-order valence-corrected chi connectivity index (χ4v) is 3.39. The van der Waals surface area contributed by atoms with Gasteiger partial charge in [-0.2, -0.15) is 15.0 Å². The lowest BCUT2D eigenvalue weighted by Gasteiger charge is -2.20. The highest BCUT2D eigenvalue weighted by Gasteiger charge is 2.15. The van der Waals surface area contributed by atoms with Gasteiger partial charge in [-0.1, -0.05) is 30.3 Å². The average Bonchev–Trinajstić information content (AvgIpc) is 2.74. The molecule has 7 heteroatoms. The van der Waals surface area contributed by atoms with Gasteiger partial charge < -0.3 is 15.0 Å². The van der Waals surface area contributed by atoms with E-state index in [9.17, 15) is 0 Å². The van der Waals surface area contributed by atoms with Crippen molar-refractivity contribution >= 4 is 40.8 Å². The molecule has 0 bridgehead atoms. The molecule has 2 aromatic carbocycles. The maximum Gasteiger partial charge on any atom is 0.233 e. The number of hydrogen-bond acceptors (Lipinski definition) is 6. The summed E-state index contributed by atoms with van der Waals surface area (Å²) in [5, 5.41) is 3.37. The Balaban J connectivity index is 1.57. The molecule has 1 aliphatic heterocycles. The largest absolute Gasteiger partial charge is 0.488 e. The van der Waals surface area contributed by atoms with Crippen LogP contribution in [0, 0.1) is 0 Å². The van der Waals surface area contributed by atoms with E-state index in [2.05, 4.69) is 38.5 Å². The van der Waals surface area contributed by atoms with Gasteiger partial charge in [0, 0.05) is 30.4 Å². The van der Waals surface area contributed by atoms with Crippen molar-refractivity contribution in [3.8, 4) is 5.75 Å². The standard InChI is InChI=1S/C22H22ClN5O/c1-3-28(4-2)22-26-20(23)25-21(27-22)24-18-11-10-16-12-17(14-29-19(16)13-18)15-8-6-5-7-9-15/h5-13H,3-4,14H2,1-2H3,(H,24,25,26,27). The summed E-state index contributed by atoms with van der Waals surface area (Å²) in [7, 11) is 0. The van der Waals surface area contributed by atoms with Gasteiger partial charge in [0.1, 0.15) is 12.4 Å². The lowest BCUT2D eigenvalue weighted by molar-refractivity contribution is 0.366. The van der Waals surface area contributed by atoms with Crippen LogP contribution in [0.2, 0.25) is 5.28 Å². The average molecular weight is 408 g/mol. The molecule has 0 unspecified atom stereocenters. The third-order valence-corrected chi connectivity index (χ3v) is 4.94. The highest BCUT2D eigenvalue weighted by Crippen LogP contribution is 2.33. The Morgan fingerprint density at radius 2 is 1.83 bits per heavy atom. The fraction of sp³-hybridized carbons (Fsp3) is 0.227. The second-order valence-corrected chi connectivity index (χ2v) is 6.94. The molecule has 0 aliphatic carbocycles. The summed E-state index contributed by atoms with van der Waals surface area (Å²) in [5.41, 5.74) is 4.20. The second kappa shape index (κ2) is 8.49. The minimum atomic E-state index is 0.161. The number of benzene rings is 2. The van der Waals surface area contributed by atoms with Crippen molar-refractivity contribution in [2.45, 2.75) is 13.8 Å². The minimum absolute atomic E-state index is 0.161. The first-order chi connectivity index (χ1) is 14.2. The SMILES string of the molecule is CCN(CC)c1nc(Cl)nc(Nc2ccc3c(c2)OCC(c2ccccc2)=C3)n1. The fourth-order valence-electron chi connectivity index (χ4n) is 3.23. The number of aromatic nitrogens is 3. The van der Waals surface area contributed by atoms with E-state index in [-0.39, 0.29) is 5.28 Å². The van der Waals surface area contributed by atoms with Gasteiger partial charge in [-0.15, -0.1) is 0 Å². The first-order valence-corrected chi connectivity index (χ1v) is 10.0. The quantitative estimate of drug-likeness (QED) is 0.617. The van der Waals surface area contributed by atoms with Crippen molar-refractivity contribution in [2.75, 3.05) is 29.9 Å². The van der Waals surface area contributed by atoms with Crippen LogP contribution >= 0.6 is 11.6 Å². The number of nitrogens with zero attached hydrogens (tertiary/aromatic N) is 4. The molecule has 1 aliphatic rings. The molecule has 3 aromatic rings. The number of nitrogens with one attached hydrogen (secondary N) is 1. The van der Waals surface area contributed by atoms with Gasteiger partial charge in [-0.3, -0.25) is 0 Å². The van der Waals surface area contributed by atoms with Crippen molar-refractivity contribution < 1.29 is 4.74 Å².